The largest absolute Gasteiger partial charge is 0.483 e. The maximum atomic E-state index is 13.4. The average molecular weight is 455 g/mol. The molecule has 0 bridgehead atoms. The average Bonchev–Trinajstić information content (AvgIpc) is 3.29. The van der Waals surface area contributed by atoms with Gasteiger partial charge in [0.2, 0.25) is 0 Å². The van der Waals surface area contributed by atoms with Crippen molar-refractivity contribution in [3.8, 4) is 22.7 Å². The molecule has 4 rings (SSSR count). The van der Waals surface area contributed by atoms with Crippen LogP contribution in [-0.4, -0.2) is 28.5 Å². The van der Waals surface area contributed by atoms with Crippen molar-refractivity contribution in [2.75, 3.05) is 6.61 Å². The Morgan fingerprint density at radius 3 is 2.56 bits per heavy atom. The van der Waals surface area contributed by atoms with Gasteiger partial charge in [-0.05, 0) is 54.4 Å². The fourth-order valence-corrected chi connectivity index (χ4v) is 3.35. The quantitative estimate of drug-likeness (QED) is 0.221. The zero-order chi connectivity index (χ0) is 23.8. The van der Waals surface area contributed by atoms with Crippen LogP contribution in [0.1, 0.15) is 11.1 Å². The number of ether oxygens (including phenoxy) is 1. The Labute approximate surface area is 197 Å². The van der Waals surface area contributed by atoms with Crippen LogP contribution in [0.4, 0.5) is 4.39 Å². The van der Waals surface area contributed by atoms with E-state index in [9.17, 15) is 9.18 Å². The van der Waals surface area contributed by atoms with E-state index in [1.54, 1.807) is 29.1 Å². The zero-order valence-corrected chi connectivity index (χ0v) is 18.4. The van der Waals surface area contributed by atoms with Crippen LogP contribution in [0.3, 0.4) is 0 Å². The van der Waals surface area contributed by atoms with Crippen molar-refractivity contribution in [1.82, 2.24) is 15.2 Å². The van der Waals surface area contributed by atoms with E-state index in [-0.39, 0.29) is 12.4 Å². The second-order valence-corrected chi connectivity index (χ2v) is 7.40. The van der Waals surface area contributed by atoms with Crippen molar-refractivity contribution in [2.45, 2.75) is 6.42 Å². The topological polar surface area (TPSA) is 68.5 Å². The number of carbonyl (C=O) groups is 1. The molecule has 6 nitrogen and oxygen atoms in total. The summed E-state index contributed by atoms with van der Waals surface area (Å²) in [7, 11) is 0. The van der Waals surface area contributed by atoms with E-state index in [1.165, 1.54) is 18.3 Å². The third kappa shape index (κ3) is 5.63. The van der Waals surface area contributed by atoms with Crippen LogP contribution in [0.2, 0.25) is 0 Å². The Kier molecular flexibility index (Phi) is 7.25. The predicted octanol–water partition coefficient (Wildman–Crippen LogP) is 4.94. The molecule has 0 saturated carbocycles. The van der Waals surface area contributed by atoms with Gasteiger partial charge in [0, 0.05) is 17.3 Å². The van der Waals surface area contributed by atoms with Crippen LogP contribution >= 0.6 is 0 Å². The maximum absolute atomic E-state index is 13.4. The number of halogens is 1. The van der Waals surface area contributed by atoms with E-state index in [1.807, 2.05) is 54.6 Å². The molecule has 1 amide bonds. The van der Waals surface area contributed by atoms with E-state index in [0.717, 1.165) is 16.8 Å². The van der Waals surface area contributed by atoms with Gasteiger partial charge in [0.25, 0.3) is 5.91 Å². The lowest BCUT2D eigenvalue weighted by Gasteiger charge is -2.09. The molecule has 0 unspecified atom stereocenters. The van der Waals surface area contributed by atoms with E-state index < -0.39 is 5.91 Å². The van der Waals surface area contributed by atoms with Crippen molar-refractivity contribution >= 4 is 12.1 Å². The second-order valence-electron chi connectivity index (χ2n) is 7.40. The van der Waals surface area contributed by atoms with Crippen molar-refractivity contribution in [3.63, 3.8) is 0 Å². The smallest absolute Gasteiger partial charge is 0.277 e. The number of carbonyl (C=O) groups excluding carboxylic acids is 1. The van der Waals surface area contributed by atoms with Gasteiger partial charge in [-0.2, -0.15) is 10.2 Å². The molecule has 34 heavy (non-hydrogen) atoms. The van der Waals surface area contributed by atoms with Crippen molar-refractivity contribution in [1.29, 1.82) is 0 Å². The lowest BCUT2D eigenvalue weighted by Crippen LogP contribution is -2.24. The van der Waals surface area contributed by atoms with Gasteiger partial charge in [-0.15, -0.1) is 6.58 Å². The third-order valence-electron chi connectivity index (χ3n) is 4.97. The fourth-order valence-electron chi connectivity index (χ4n) is 3.35. The predicted molar refractivity (Wildman–Crippen MR) is 131 cm³/mol. The molecule has 0 atom stereocenters. The summed E-state index contributed by atoms with van der Waals surface area (Å²) in [5, 5.41) is 8.71. The van der Waals surface area contributed by atoms with Gasteiger partial charge in [-0.1, -0.05) is 42.5 Å². The Hall–Kier alpha value is -4.52. The molecule has 3 aromatic carbocycles. The lowest BCUT2D eigenvalue weighted by atomic mass is 10.1. The summed E-state index contributed by atoms with van der Waals surface area (Å²) in [4.78, 5) is 12.3. The first-order chi connectivity index (χ1) is 16.6. The number of hydrazone groups is 1. The summed E-state index contributed by atoms with van der Waals surface area (Å²) in [6, 6.07) is 23.1. The van der Waals surface area contributed by atoms with Crippen molar-refractivity contribution in [3.05, 3.63) is 115 Å². The first-order valence-electron chi connectivity index (χ1n) is 10.7. The highest BCUT2D eigenvalue weighted by molar-refractivity contribution is 5.89. The molecule has 0 fully saturated rings. The molecule has 170 valence electrons. The Morgan fingerprint density at radius 2 is 1.79 bits per heavy atom. The molecular formula is C27H23FN4O2. The minimum absolute atomic E-state index is 0.181. The Morgan fingerprint density at radius 1 is 1.06 bits per heavy atom. The second kappa shape index (κ2) is 10.9. The summed E-state index contributed by atoms with van der Waals surface area (Å²) in [6.45, 7) is 3.56. The molecule has 0 spiro atoms. The summed E-state index contributed by atoms with van der Waals surface area (Å²) in [5.74, 6) is -0.101. The highest BCUT2D eigenvalue weighted by Gasteiger charge is 2.12. The molecule has 0 radical (unpaired) electrons. The highest BCUT2D eigenvalue weighted by Crippen LogP contribution is 2.23. The molecule has 1 N–H and O–H groups in total. The molecule has 1 aromatic heterocycles. The van der Waals surface area contributed by atoms with Crippen LogP contribution in [0.5, 0.6) is 5.75 Å². The number of nitrogens with one attached hydrogen (secondary N) is 1. The number of benzene rings is 3. The highest BCUT2D eigenvalue weighted by atomic mass is 19.1. The van der Waals surface area contributed by atoms with Gasteiger partial charge in [-0.3, -0.25) is 4.79 Å². The van der Waals surface area contributed by atoms with E-state index >= 15 is 0 Å². The third-order valence-corrected chi connectivity index (χ3v) is 4.97. The SMILES string of the molecule is C=CCc1ccccc1OCC(=O)N/N=C/c1cn(-c2ccccc2)nc1-c1ccc(F)cc1. The standard InChI is InChI=1S/C27H23FN4O2/c1-2-8-20-9-6-7-12-25(20)34-19-26(33)30-29-17-22-18-32(24-10-4-3-5-11-24)31-27(22)21-13-15-23(28)16-14-21/h2-7,9-18H,1,8,19H2,(H,30,33)/b29-17+. The Bertz CT molecular complexity index is 1300. The molecule has 0 aliphatic carbocycles. The number of hydrogen-bond acceptors (Lipinski definition) is 4. The molecule has 4 aromatic rings. The van der Waals surface area contributed by atoms with Gasteiger partial charge in [0.05, 0.1) is 11.9 Å². The maximum Gasteiger partial charge on any atom is 0.277 e. The number of para-hydroxylation sites is 2. The molecular weight excluding hydrogens is 431 g/mol. The fraction of sp³-hybridized carbons (Fsp3) is 0.0741. The number of amides is 1. The van der Waals surface area contributed by atoms with Gasteiger partial charge < -0.3 is 4.74 Å². The first kappa shape index (κ1) is 22.7. The normalized spacial score (nSPS) is 10.9. The molecule has 1 heterocycles. The number of hydrogen-bond donors (Lipinski definition) is 1. The minimum Gasteiger partial charge on any atom is -0.483 e. The monoisotopic (exact) mass is 454 g/mol. The van der Waals surface area contributed by atoms with Crippen LogP contribution in [0, 0.1) is 5.82 Å². The van der Waals surface area contributed by atoms with E-state index in [2.05, 4.69) is 22.2 Å². The van der Waals surface area contributed by atoms with Crippen LogP contribution in [-0.2, 0) is 11.2 Å². The summed E-state index contributed by atoms with van der Waals surface area (Å²) in [5.41, 5.74) is 6.29. The van der Waals surface area contributed by atoms with Gasteiger partial charge in [-0.25, -0.2) is 14.5 Å². The van der Waals surface area contributed by atoms with Crippen LogP contribution in [0.25, 0.3) is 16.9 Å². The van der Waals surface area contributed by atoms with Crippen LogP contribution < -0.4 is 10.2 Å². The first-order valence-corrected chi connectivity index (χ1v) is 10.7. The van der Waals surface area contributed by atoms with E-state index in [0.29, 0.717) is 23.4 Å². The van der Waals surface area contributed by atoms with Gasteiger partial charge in [0.1, 0.15) is 17.3 Å². The van der Waals surface area contributed by atoms with Crippen molar-refractivity contribution in [2.24, 2.45) is 5.10 Å². The van der Waals surface area contributed by atoms with Crippen LogP contribution in [0.15, 0.2) is 103 Å². The number of nitrogens with zero attached hydrogens (tertiary/aromatic N) is 3. The molecule has 7 heteroatoms. The van der Waals surface area contributed by atoms with Crippen molar-refractivity contribution < 1.29 is 13.9 Å². The van der Waals surface area contributed by atoms with Gasteiger partial charge in [0.15, 0.2) is 6.61 Å². The molecule has 0 aliphatic heterocycles. The minimum atomic E-state index is -0.400. The Balaban J connectivity index is 1.48. The molecule has 0 saturated heterocycles. The molecule has 0 aliphatic rings. The van der Waals surface area contributed by atoms with Gasteiger partial charge >= 0.3 is 0 Å². The summed E-state index contributed by atoms with van der Waals surface area (Å²) < 4.78 is 20.8. The number of rotatable bonds is 9. The summed E-state index contributed by atoms with van der Waals surface area (Å²) >= 11 is 0. The number of aromatic nitrogens is 2. The van der Waals surface area contributed by atoms with E-state index in [4.69, 9.17) is 4.74 Å². The zero-order valence-electron chi connectivity index (χ0n) is 18.4. The number of allylic oxidation sites excluding steroid dienone is 1. The summed E-state index contributed by atoms with van der Waals surface area (Å²) in [6.07, 6.45) is 5.73. The lowest BCUT2D eigenvalue weighted by molar-refractivity contribution is -0.123.